The van der Waals surface area contributed by atoms with Gasteiger partial charge >= 0.3 is 0 Å². The maximum absolute atomic E-state index is 5.79. The van der Waals surface area contributed by atoms with Crippen LogP contribution in [-0.2, 0) is 0 Å². The number of aromatic nitrogens is 3. The lowest BCUT2D eigenvalue weighted by Crippen LogP contribution is -2.19. The predicted molar refractivity (Wildman–Crippen MR) is 84.7 cm³/mol. The fraction of sp³-hybridized carbons (Fsp3) is 0.467. The van der Waals surface area contributed by atoms with Gasteiger partial charge in [-0.2, -0.15) is 11.8 Å². The summed E-state index contributed by atoms with van der Waals surface area (Å²) in [6.07, 6.45) is 12.9. The average molecular weight is 288 g/mol. The van der Waals surface area contributed by atoms with E-state index in [0.717, 1.165) is 16.5 Å². The lowest BCUT2D eigenvalue weighted by atomic mass is 9.94. The van der Waals surface area contributed by atoms with Gasteiger partial charge in [-0.1, -0.05) is 0 Å². The fourth-order valence-electron chi connectivity index (χ4n) is 2.99. The Morgan fingerprint density at radius 2 is 2.10 bits per heavy atom. The molecule has 1 aliphatic carbocycles. The van der Waals surface area contributed by atoms with Gasteiger partial charge in [0.1, 0.15) is 5.82 Å². The lowest BCUT2D eigenvalue weighted by Gasteiger charge is -2.29. The standard InChI is InChI=1S/C15H20N4S/c1-20-13-4-2-12(3-5-13)19-10-17-9-14(19)11-6-7-18-15(16)8-11/h6-10,12-13H,2-5H2,1H3,(H2,16,18). The van der Waals surface area contributed by atoms with Gasteiger partial charge < -0.3 is 10.3 Å². The molecule has 1 aliphatic rings. The number of hydrogen-bond acceptors (Lipinski definition) is 4. The molecule has 1 fully saturated rings. The Morgan fingerprint density at radius 1 is 1.30 bits per heavy atom. The van der Waals surface area contributed by atoms with Crippen molar-refractivity contribution in [1.82, 2.24) is 14.5 Å². The molecule has 0 bridgehead atoms. The quantitative estimate of drug-likeness (QED) is 0.940. The van der Waals surface area contributed by atoms with E-state index in [1.807, 2.05) is 36.4 Å². The molecule has 0 amide bonds. The van der Waals surface area contributed by atoms with Crippen molar-refractivity contribution in [2.24, 2.45) is 0 Å². The monoisotopic (exact) mass is 288 g/mol. The maximum atomic E-state index is 5.79. The molecule has 3 rings (SSSR count). The first-order valence-corrected chi connectivity index (χ1v) is 8.33. The summed E-state index contributed by atoms with van der Waals surface area (Å²) in [5, 5.41) is 0.829. The van der Waals surface area contributed by atoms with Crippen LogP contribution in [0.15, 0.2) is 30.9 Å². The molecule has 0 unspecified atom stereocenters. The number of nitrogens with two attached hydrogens (primary N) is 1. The Kier molecular flexibility index (Phi) is 3.96. The summed E-state index contributed by atoms with van der Waals surface area (Å²) in [6, 6.07) is 4.48. The predicted octanol–water partition coefficient (Wildman–Crippen LogP) is 3.37. The minimum Gasteiger partial charge on any atom is -0.384 e. The van der Waals surface area contributed by atoms with Crippen molar-refractivity contribution in [3.63, 3.8) is 0 Å². The second-order valence-corrected chi connectivity index (χ2v) is 6.46. The third-order valence-electron chi connectivity index (χ3n) is 4.11. The number of imidazole rings is 1. The van der Waals surface area contributed by atoms with Crippen LogP contribution in [0.5, 0.6) is 0 Å². The summed E-state index contributed by atoms with van der Waals surface area (Å²) in [4.78, 5) is 8.40. The molecule has 0 radical (unpaired) electrons. The molecule has 20 heavy (non-hydrogen) atoms. The van der Waals surface area contributed by atoms with Crippen LogP contribution in [-0.4, -0.2) is 26.0 Å². The molecule has 4 nitrogen and oxygen atoms in total. The smallest absolute Gasteiger partial charge is 0.123 e. The van der Waals surface area contributed by atoms with Gasteiger partial charge in [0, 0.05) is 23.1 Å². The summed E-state index contributed by atoms with van der Waals surface area (Å²) in [6.45, 7) is 0. The van der Waals surface area contributed by atoms with Gasteiger partial charge in [-0.15, -0.1) is 0 Å². The first kappa shape index (κ1) is 13.5. The highest BCUT2D eigenvalue weighted by Gasteiger charge is 2.23. The third-order valence-corrected chi connectivity index (χ3v) is 5.25. The molecule has 2 N–H and O–H groups in total. The van der Waals surface area contributed by atoms with Crippen LogP contribution in [0.1, 0.15) is 31.7 Å². The van der Waals surface area contributed by atoms with Crippen LogP contribution in [0.4, 0.5) is 5.82 Å². The van der Waals surface area contributed by atoms with E-state index in [4.69, 9.17) is 5.73 Å². The molecule has 0 aromatic carbocycles. The maximum Gasteiger partial charge on any atom is 0.123 e. The summed E-state index contributed by atoms with van der Waals surface area (Å²) in [5.74, 6) is 0.557. The summed E-state index contributed by atoms with van der Waals surface area (Å²) in [5.41, 5.74) is 8.03. The highest BCUT2D eigenvalue weighted by molar-refractivity contribution is 7.99. The van der Waals surface area contributed by atoms with E-state index < -0.39 is 0 Å². The Morgan fingerprint density at radius 3 is 2.80 bits per heavy atom. The molecular formula is C15H20N4S. The Balaban J connectivity index is 1.84. The molecule has 0 saturated heterocycles. The Hall–Kier alpha value is -1.49. The largest absolute Gasteiger partial charge is 0.384 e. The highest BCUT2D eigenvalue weighted by Crippen LogP contribution is 2.36. The molecule has 5 heteroatoms. The molecule has 0 spiro atoms. The second-order valence-electron chi connectivity index (χ2n) is 5.32. The van der Waals surface area contributed by atoms with E-state index in [1.165, 1.54) is 25.7 Å². The van der Waals surface area contributed by atoms with Crippen LogP contribution in [0.25, 0.3) is 11.3 Å². The number of thioether (sulfide) groups is 1. The van der Waals surface area contributed by atoms with E-state index in [0.29, 0.717) is 11.9 Å². The van der Waals surface area contributed by atoms with Crippen molar-refractivity contribution in [3.05, 3.63) is 30.9 Å². The zero-order valence-corrected chi connectivity index (χ0v) is 12.5. The first-order valence-electron chi connectivity index (χ1n) is 7.04. The molecule has 0 aliphatic heterocycles. The van der Waals surface area contributed by atoms with Gasteiger partial charge in [0.05, 0.1) is 18.2 Å². The number of nitrogen functional groups attached to an aromatic ring is 1. The van der Waals surface area contributed by atoms with Crippen LogP contribution in [0.3, 0.4) is 0 Å². The minimum atomic E-state index is 0.557. The van der Waals surface area contributed by atoms with Gasteiger partial charge in [-0.25, -0.2) is 9.97 Å². The molecule has 2 aromatic rings. The molecule has 1 saturated carbocycles. The summed E-state index contributed by atoms with van der Waals surface area (Å²) >= 11 is 2.00. The zero-order valence-electron chi connectivity index (χ0n) is 11.7. The van der Waals surface area contributed by atoms with Crippen molar-refractivity contribution in [3.8, 4) is 11.3 Å². The number of nitrogens with zero attached hydrogens (tertiary/aromatic N) is 3. The number of pyridine rings is 1. The van der Waals surface area contributed by atoms with E-state index in [2.05, 4.69) is 20.8 Å². The van der Waals surface area contributed by atoms with Crippen molar-refractivity contribution < 1.29 is 0 Å². The fourth-order valence-corrected chi connectivity index (χ4v) is 3.73. The van der Waals surface area contributed by atoms with E-state index in [1.54, 1.807) is 6.20 Å². The normalized spacial score (nSPS) is 22.9. The topological polar surface area (TPSA) is 56.7 Å². The van der Waals surface area contributed by atoms with Gasteiger partial charge in [0.25, 0.3) is 0 Å². The Labute approximate surface area is 123 Å². The Bertz CT molecular complexity index is 573. The van der Waals surface area contributed by atoms with Crippen LogP contribution in [0, 0.1) is 0 Å². The van der Waals surface area contributed by atoms with Gasteiger partial charge in [0.15, 0.2) is 0 Å². The highest BCUT2D eigenvalue weighted by atomic mass is 32.2. The van der Waals surface area contributed by atoms with Gasteiger partial charge in [-0.05, 0) is 44.1 Å². The van der Waals surface area contributed by atoms with Gasteiger partial charge in [-0.3, -0.25) is 0 Å². The summed E-state index contributed by atoms with van der Waals surface area (Å²) in [7, 11) is 0. The van der Waals surface area contributed by atoms with Crippen molar-refractivity contribution in [2.75, 3.05) is 12.0 Å². The van der Waals surface area contributed by atoms with Crippen LogP contribution >= 0.6 is 11.8 Å². The first-order chi connectivity index (χ1) is 9.78. The SMILES string of the molecule is CSC1CCC(n2cncc2-c2ccnc(N)c2)CC1. The second kappa shape index (κ2) is 5.87. The third kappa shape index (κ3) is 2.68. The molecule has 2 heterocycles. The van der Waals surface area contributed by atoms with Crippen molar-refractivity contribution >= 4 is 17.6 Å². The number of hydrogen-bond donors (Lipinski definition) is 1. The number of anilines is 1. The van der Waals surface area contributed by atoms with Crippen molar-refractivity contribution in [2.45, 2.75) is 37.0 Å². The van der Waals surface area contributed by atoms with E-state index in [9.17, 15) is 0 Å². The molecular weight excluding hydrogens is 268 g/mol. The van der Waals surface area contributed by atoms with E-state index >= 15 is 0 Å². The summed E-state index contributed by atoms with van der Waals surface area (Å²) < 4.78 is 2.31. The zero-order chi connectivity index (χ0) is 13.9. The van der Waals surface area contributed by atoms with Crippen LogP contribution in [0.2, 0.25) is 0 Å². The minimum absolute atomic E-state index is 0.557. The van der Waals surface area contributed by atoms with Gasteiger partial charge in [0.2, 0.25) is 0 Å². The van der Waals surface area contributed by atoms with E-state index in [-0.39, 0.29) is 0 Å². The lowest BCUT2D eigenvalue weighted by molar-refractivity contribution is 0.362. The van der Waals surface area contributed by atoms with Crippen molar-refractivity contribution in [1.29, 1.82) is 0 Å². The number of rotatable bonds is 3. The average Bonchev–Trinajstić information content (AvgIpc) is 2.97. The van der Waals surface area contributed by atoms with Crippen LogP contribution < -0.4 is 5.73 Å². The molecule has 0 atom stereocenters. The molecule has 106 valence electrons. The molecule has 2 aromatic heterocycles.